The van der Waals surface area contributed by atoms with Gasteiger partial charge in [0.1, 0.15) is 5.65 Å². The lowest BCUT2D eigenvalue weighted by atomic mass is 10.1. The van der Waals surface area contributed by atoms with Gasteiger partial charge in [-0.2, -0.15) is 0 Å². The number of Topliss-reactive ketones (excluding diaryl/α,β-unsaturated/α-hetero) is 1. The molecule has 7 heteroatoms. The van der Waals surface area contributed by atoms with E-state index in [9.17, 15) is 9.59 Å². The standard InChI is InChI=1S/C22H19N3O4/c1-2-28-22(27)18-19(26)17(11-15-13-24-20-16(15)9-6-10-23-20)29-21(18)25-12-14-7-4-3-5-8-14/h3-11,13,25H,2,12H2,1H3,(H,23,24). The molecule has 0 saturated heterocycles. The summed E-state index contributed by atoms with van der Waals surface area (Å²) in [5.74, 6) is -1.08. The average molecular weight is 389 g/mol. The van der Waals surface area contributed by atoms with Crippen LogP contribution in [0.5, 0.6) is 0 Å². The van der Waals surface area contributed by atoms with Crippen molar-refractivity contribution in [3.8, 4) is 0 Å². The maximum absolute atomic E-state index is 12.9. The van der Waals surface area contributed by atoms with E-state index in [2.05, 4.69) is 15.3 Å². The van der Waals surface area contributed by atoms with Gasteiger partial charge in [-0.15, -0.1) is 0 Å². The lowest BCUT2D eigenvalue weighted by molar-refractivity contribution is -0.139. The van der Waals surface area contributed by atoms with Crippen LogP contribution in [-0.4, -0.2) is 28.3 Å². The molecule has 29 heavy (non-hydrogen) atoms. The monoisotopic (exact) mass is 389 g/mol. The molecule has 1 aliphatic rings. The molecule has 0 saturated carbocycles. The van der Waals surface area contributed by atoms with Crippen molar-refractivity contribution in [1.29, 1.82) is 0 Å². The normalized spacial score (nSPS) is 15.1. The maximum atomic E-state index is 12.9. The van der Waals surface area contributed by atoms with Gasteiger partial charge < -0.3 is 19.8 Å². The number of nitrogens with zero attached hydrogens (tertiary/aromatic N) is 1. The highest BCUT2D eigenvalue weighted by Crippen LogP contribution is 2.28. The number of hydrogen-bond donors (Lipinski definition) is 2. The second-order valence-electron chi connectivity index (χ2n) is 6.35. The number of aromatic nitrogens is 2. The van der Waals surface area contributed by atoms with E-state index in [1.165, 1.54) is 0 Å². The number of carbonyl (C=O) groups is 2. The Labute approximate surface area is 167 Å². The zero-order chi connectivity index (χ0) is 20.2. The van der Waals surface area contributed by atoms with Crippen LogP contribution in [-0.2, 0) is 25.6 Å². The first-order valence-corrected chi connectivity index (χ1v) is 9.23. The number of benzene rings is 1. The molecule has 0 fully saturated rings. The molecule has 3 heterocycles. The number of esters is 1. The summed E-state index contributed by atoms with van der Waals surface area (Å²) in [5, 5.41) is 3.89. The lowest BCUT2D eigenvalue weighted by Gasteiger charge is -2.08. The Morgan fingerprint density at radius 1 is 1.24 bits per heavy atom. The Kier molecular flexibility index (Phi) is 5.11. The first-order chi connectivity index (χ1) is 14.2. The number of nitrogens with one attached hydrogen (secondary N) is 2. The van der Waals surface area contributed by atoms with Crippen LogP contribution in [0.25, 0.3) is 17.1 Å². The minimum atomic E-state index is -0.711. The molecule has 0 bridgehead atoms. The van der Waals surface area contributed by atoms with Crippen LogP contribution >= 0.6 is 0 Å². The number of pyridine rings is 1. The van der Waals surface area contributed by atoms with Gasteiger partial charge in [0.2, 0.25) is 11.7 Å². The van der Waals surface area contributed by atoms with E-state index in [-0.39, 0.29) is 23.8 Å². The average Bonchev–Trinajstić information content (AvgIpc) is 3.29. The van der Waals surface area contributed by atoms with Crippen LogP contribution in [0.3, 0.4) is 0 Å². The first kappa shape index (κ1) is 18.5. The summed E-state index contributed by atoms with van der Waals surface area (Å²) in [6, 6.07) is 13.3. The summed E-state index contributed by atoms with van der Waals surface area (Å²) in [6.45, 7) is 2.25. The summed E-state index contributed by atoms with van der Waals surface area (Å²) in [5.41, 5.74) is 2.29. The number of aromatic amines is 1. The third kappa shape index (κ3) is 3.75. The van der Waals surface area contributed by atoms with Crippen LogP contribution in [0.15, 0.2) is 72.1 Å². The van der Waals surface area contributed by atoms with Crippen molar-refractivity contribution in [3.05, 3.63) is 83.2 Å². The topological polar surface area (TPSA) is 93.3 Å². The van der Waals surface area contributed by atoms with E-state index in [0.717, 1.165) is 16.5 Å². The first-order valence-electron chi connectivity index (χ1n) is 9.23. The third-order valence-corrected chi connectivity index (χ3v) is 4.44. The van der Waals surface area contributed by atoms with Gasteiger partial charge >= 0.3 is 5.97 Å². The van der Waals surface area contributed by atoms with Gasteiger partial charge in [0.25, 0.3) is 0 Å². The van der Waals surface area contributed by atoms with E-state index in [1.807, 2.05) is 42.5 Å². The summed E-state index contributed by atoms with van der Waals surface area (Å²) in [7, 11) is 0. The highest BCUT2D eigenvalue weighted by atomic mass is 16.5. The molecule has 0 aliphatic carbocycles. The van der Waals surface area contributed by atoms with Crippen molar-refractivity contribution in [3.63, 3.8) is 0 Å². The van der Waals surface area contributed by atoms with Crippen molar-refractivity contribution in [1.82, 2.24) is 15.3 Å². The fourth-order valence-electron chi connectivity index (χ4n) is 3.06. The van der Waals surface area contributed by atoms with Crippen LogP contribution < -0.4 is 5.32 Å². The van der Waals surface area contributed by atoms with Gasteiger partial charge in [0.05, 0.1) is 6.61 Å². The molecule has 4 rings (SSSR count). The van der Waals surface area contributed by atoms with Crippen molar-refractivity contribution in [2.24, 2.45) is 0 Å². The second kappa shape index (κ2) is 8.02. The van der Waals surface area contributed by atoms with E-state index in [0.29, 0.717) is 12.2 Å². The fourth-order valence-corrected chi connectivity index (χ4v) is 3.06. The van der Waals surface area contributed by atoms with Crippen molar-refractivity contribution in [2.45, 2.75) is 13.5 Å². The number of fused-ring (bicyclic) bond motifs is 1. The zero-order valence-electron chi connectivity index (χ0n) is 15.8. The molecule has 0 spiro atoms. The molecule has 0 radical (unpaired) electrons. The number of H-pyrrole nitrogens is 1. The summed E-state index contributed by atoms with van der Waals surface area (Å²) >= 11 is 0. The van der Waals surface area contributed by atoms with Crippen LogP contribution in [0, 0.1) is 0 Å². The van der Waals surface area contributed by atoms with Gasteiger partial charge in [0, 0.05) is 29.9 Å². The molecule has 1 aromatic carbocycles. The van der Waals surface area contributed by atoms with E-state index >= 15 is 0 Å². The smallest absolute Gasteiger partial charge is 0.347 e. The Hall–Kier alpha value is -3.87. The molecule has 3 aromatic rings. The van der Waals surface area contributed by atoms with Crippen molar-refractivity contribution in [2.75, 3.05) is 6.61 Å². The van der Waals surface area contributed by atoms with E-state index < -0.39 is 11.8 Å². The largest absolute Gasteiger partial charge is 0.462 e. The van der Waals surface area contributed by atoms with Gasteiger partial charge in [0.15, 0.2) is 11.3 Å². The number of rotatable bonds is 6. The van der Waals surface area contributed by atoms with Crippen LogP contribution in [0.1, 0.15) is 18.1 Å². The molecular weight excluding hydrogens is 370 g/mol. The molecule has 7 nitrogen and oxygen atoms in total. The minimum absolute atomic E-state index is 0.0494. The Morgan fingerprint density at radius 3 is 2.86 bits per heavy atom. The maximum Gasteiger partial charge on any atom is 0.347 e. The van der Waals surface area contributed by atoms with Gasteiger partial charge in [-0.3, -0.25) is 4.79 Å². The van der Waals surface area contributed by atoms with Crippen LogP contribution in [0.4, 0.5) is 0 Å². The highest BCUT2D eigenvalue weighted by Gasteiger charge is 2.36. The molecule has 146 valence electrons. The molecule has 0 unspecified atom stereocenters. The molecule has 1 aliphatic heterocycles. The lowest BCUT2D eigenvalue weighted by Crippen LogP contribution is -2.19. The molecular formula is C22H19N3O4. The van der Waals surface area contributed by atoms with Gasteiger partial charge in [-0.1, -0.05) is 30.3 Å². The number of hydrogen-bond acceptors (Lipinski definition) is 6. The minimum Gasteiger partial charge on any atom is -0.462 e. The van der Waals surface area contributed by atoms with Crippen LogP contribution in [0.2, 0.25) is 0 Å². The van der Waals surface area contributed by atoms with Crippen molar-refractivity contribution < 1.29 is 19.1 Å². The predicted octanol–water partition coefficient (Wildman–Crippen LogP) is 3.07. The number of ether oxygens (including phenoxy) is 2. The van der Waals surface area contributed by atoms with E-state index in [4.69, 9.17) is 9.47 Å². The second-order valence-corrected chi connectivity index (χ2v) is 6.35. The third-order valence-electron chi connectivity index (χ3n) is 4.44. The Bertz CT molecular complexity index is 1130. The molecule has 0 atom stereocenters. The quantitative estimate of drug-likeness (QED) is 0.382. The van der Waals surface area contributed by atoms with Crippen molar-refractivity contribution >= 4 is 28.9 Å². The molecule has 2 aromatic heterocycles. The summed E-state index contributed by atoms with van der Waals surface area (Å²) in [6.07, 6.45) is 5.01. The Morgan fingerprint density at radius 2 is 2.07 bits per heavy atom. The molecule has 0 amide bonds. The zero-order valence-corrected chi connectivity index (χ0v) is 15.8. The summed E-state index contributed by atoms with van der Waals surface area (Å²) < 4.78 is 10.8. The Balaban J connectivity index is 1.64. The summed E-state index contributed by atoms with van der Waals surface area (Å²) in [4.78, 5) is 32.5. The molecule has 2 N–H and O–H groups in total. The van der Waals surface area contributed by atoms with Gasteiger partial charge in [-0.05, 0) is 30.7 Å². The van der Waals surface area contributed by atoms with E-state index in [1.54, 1.807) is 25.4 Å². The fraction of sp³-hybridized carbons (Fsp3) is 0.136. The number of ketones is 1. The van der Waals surface area contributed by atoms with Gasteiger partial charge in [-0.25, -0.2) is 9.78 Å². The SMILES string of the molecule is CCOC(=O)C1=C(NCc2ccccc2)OC(=Cc2c[nH]c3ncccc23)C1=O. The highest BCUT2D eigenvalue weighted by molar-refractivity contribution is 6.26. The number of allylic oxidation sites excluding steroid dienone is 1. The predicted molar refractivity (Wildman–Crippen MR) is 107 cm³/mol. The number of carbonyl (C=O) groups excluding carboxylic acids is 2.